The number of hydrogen-bond donors (Lipinski definition) is 3. The Hall–Kier alpha value is -3.37. The van der Waals surface area contributed by atoms with Crippen molar-refractivity contribution in [1.82, 2.24) is 0 Å². The van der Waals surface area contributed by atoms with Gasteiger partial charge in [0.25, 0.3) is 0 Å². The molecule has 0 unspecified atom stereocenters. The molecule has 0 bridgehead atoms. The van der Waals surface area contributed by atoms with Crippen LogP contribution in [0.2, 0.25) is 0 Å². The second-order valence-corrected chi connectivity index (χ2v) is 13.6. The van der Waals surface area contributed by atoms with Crippen molar-refractivity contribution >= 4 is 17.3 Å². The fourth-order valence-electron chi connectivity index (χ4n) is 9.47. The largest absolute Gasteiger partial charge is 0.489 e. The first-order valence-corrected chi connectivity index (χ1v) is 15.4. The smallest absolute Gasteiger partial charge is 0.193 e. The zero-order chi connectivity index (χ0) is 31.0. The molecule has 44 heavy (non-hydrogen) atoms. The quantitative estimate of drug-likeness (QED) is 0.409. The number of aliphatic hydroxyl groups excluding tert-OH is 2. The monoisotopic (exact) mass is 603 g/mol. The predicted octanol–water partition coefficient (Wildman–Crippen LogP) is 4.59. The summed E-state index contributed by atoms with van der Waals surface area (Å²) in [5.74, 6) is -0.903. The molecule has 1 saturated heterocycles. The molecule has 4 aliphatic carbocycles. The highest BCUT2D eigenvalue weighted by Crippen LogP contribution is 2.70. The van der Waals surface area contributed by atoms with Gasteiger partial charge in [0.2, 0.25) is 0 Å². The first kappa shape index (κ1) is 29.3. The van der Waals surface area contributed by atoms with Gasteiger partial charge < -0.3 is 30.2 Å². The summed E-state index contributed by atoms with van der Waals surface area (Å²) in [7, 11) is 0. The van der Waals surface area contributed by atoms with Crippen LogP contribution >= 0.6 is 0 Å². The summed E-state index contributed by atoms with van der Waals surface area (Å²) < 4.78 is 34.2. The number of carbonyl (C=O) groups excluding carboxylic acids is 2. The average Bonchev–Trinajstić information content (AvgIpc) is 3.49. The third-order valence-corrected chi connectivity index (χ3v) is 11.4. The van der Waals surface area contributed by atoms with Crippen molar-refractivity contribution in [2.45, 2.75) is 70.2 Å². The number of rotatable bonds is 6. The number of halogens is 1. The number of allylic oxidation sites excluding steroid dienone is 4. The lowest BCUT2D eigenvalue weighted by molar-refractivity contribution is -0.201. The van der Waals surface area contributed by atoms with Gasteiger partial charge in [-0.1, -0.05) is 37.6 Å². The Morgan fingerprint density at radius 2 is 2.02 bits per heavy atom. The number of ether oxygens (including phenoxy) is 3. The standard InChI is InChI=1S/C35H38FNO7/c1-33-11-10-22(39)13-20(33)6-8-24-26-15-30-35(29(41)17-38,34(26,2)16-28(40)31(24)33)44-32(43-30)25-14-23(7-9-27(25)36)42-18-19-4-3-5-21(37)12-19/h3-5,7,9-14,24,26,28,30-32,38,40H,6,8,15-18,37H2,1-2H3/t24-,26-,28-,30+,31+,32-,33-,34-,35+/m0/s1. The second kappa shape index (κ2) is 10.3. The number of aliphatic hydroxyl groups is 2. The third-order valence-electron chi connectivity index (χ3n) is 11.4. The summed E-state index contributed by atoms with van der Waals surface area (Å²) in [5, 5.41) is 22.0. The Balaban J connectivity index is 1.19. The molecule has 4 N–H and O–H groups in total. The van der Waals surface area contributed by atoms with E-state index in [1.807, 2.05) is 25.1 Å². The molecule has 2 aromatic carbocycles. The van der Waals surface area contributed by atoms with Crippen LogP contribution in [0, 0.1) is 34.4 Å². The van der Waals surface area contributed by atoms with Gasteiger partial charge in [-0.2, -0.15) is 0 Å². The summed E-state index contributed by atoms with van der Waals surface area (Å²) in [6.45, 7) is 3.49. The molecule has 5 aliphatic rings. The molecular formula is C35H38FNO7. The molecule has 1 aliphatic heterocycles. The minimum atomic E-state index is -1.57. The maximum Gasteiger partial charge on any atom is 0.193 e. The number of nitrogen functional groups attached to an aromatic ring is 1. The van der Waals surface area contributed by atoms with Crippen molar-refractivity contribution in [2.24, 2.45) is 28.6 Å². The van der Waals surface area contributed by atoms with Gasteiger partial charge in [0.05, 0.1) is 12.2 Å². The number of benzene rings is 2. The molecule has 9 heteroatoms. The molecule has 0 radical (unpaired) electrons. The zero-order valence-electron chi connectivity index (χ0n) is 24.9. The van der Waals surface area contributed by atoms with Crippen LogP contribution in [0.1, 0.15) is 56.9 Å². The number of anilines is 1. The molecule has 0 amide bonds. The Labute approximate surface area is 255 Å². The van der Waals surface area contributed by atoms with Crippen LogP contribution in [-0.2, 0) is 25.7 Å². The molecule has 0 aromatic heterocycles. The molecule has 2 aromatic rings. The highest BCUT2D eigenvalue weighted by atomic mass is 19.1. The van der Waals surface area contributed by atoms with Gasteiger partial charge in [-0.3, -0.25) is 9.59 Å². The second-order valence-electron chi connectivity index (χ2n) is 13.6. The van der Waals surface area contributed by atoms with Crippen LogP contribution < -0.4 is 10.5 Å². The minimum Gasteiger partial charge on any atom is -0.489 e. The summed E-state index contributed by atoms with van der Waals surface area (Å²) >= 11 is 0. The Morgan fingerprint density at radius 3 is 2.80 bits per heavy atom. The maximum atomic E-state index is 15.3. The predicted molar refractivity (Wildman–Crippen MR) is 158 cm³/mol. The molecule has 7 rings (SSSR count). The fraction of sp³-hybridized carbons (Fsp3) is 0.486. The zero-order valence-corrected chi connectivity index (χ0v) is 24.9. The van der Waals surface area contributed by atoms with Crippen molar-refractivity contribution < 1.29 is 38.4 Å². The van der Waals surface area contributed by atoms with E-state index in [0.717, 1.165) is 24.0 Å². The fourth-order valence-corrected chi connectivity index (χ4v) is 9.47. The van der Waals surface area contributed by atoms with Crippen LogP contribution in [-0.4, -0.2) is 46.2 Å². The van der Waals surface area contributed by atoms with Crippen molar-refractivity contribution in [3.05, 3.63) is 83.2 Å². The van der Waals surface area contributed by atoms with E-state index >= 15 is 4.39 Å². The highest BCUT2D eigenvalue weighted by molar-refractivity contribution is 6.01. The van der Waals surface area contributed by atoms with E-state index in [0.29, 0.717) is 17.9 Å². The van der Waals surface area contributed by atoms with E-state index in [1.165, 1.54) is 18.2 Å². The van der Waals surface area contributed by atoms with Crippen LogP contribution in [0.25, 0.3) is 0 Å². The van der Waals surface area contributed by atoms with Gasteiger partial charge >= 0.3 is 0 Å². The van der Waals surface area contributed by atoms with E-state index < -0.39 is 53.1 Å². The van der Waals surface area contributed by atoms with Gasteiger partial charge in [0.1, 0.15) is 24.8 Å². The van der Waals surface area contributed by atoms with Crippen LogP contribution in [0.3, 0.4) is 0 Å². The van der Waals surface area contributed by atoms with E-state index in [9.17, 15) is 19.8 Å². The van der Waals surface area contributed by atoms with Gasteiger partial charge in [0.15, 0.2) is 23.5 Å². The van der Waals surface area contributed by atoms with E-state index in [-0.39, 0.29) is 42.1 Å². The Morgan fingerprint density at radius 1 is 1.20 bits per heavy atom. The molecule has 8 nitrogen and oxygen atoms in total. The van der Waals surface area contributed by atoms with Crippen molar-refractivity contribution in [3.8, 4) is 5.75 Å². The average molecular weight is 604 g/mol. The number of nitrogens with two attached hydrogens (primary N) is 1. The lowest BCUT2D eigenvalue weighted by atomic mass is 9.46. The lowest BCUT2D eigenvalue weighted by Crippen LogP contribution is -2.63. The lowest BCUT2D eigenvalue weighted by Gasteiger charge is -2.59. The summed E-state index contributed by atoms with van der Waals surface area (Å²) in [5.41, 5.74) is 5.56. The van der Waals surface area contributed by atoms with Crippen molar-refractivity contribution in [2.75, 3.05) is 12.3 Å². The van der Waals surface area contributed by atoms with Gasteiger partial charge in [-0.15, -0.1) is 0 Å². The normalized spacial score (nSPS) is 38.8. The van der Waals surface area contributed by atoms with Crippen LogP contribution in [0.5, 0.6) is 5.75 Å². The van der Waals surface area contributed by atoms with Crippen molar-refractivity contribution in [1.29, 1.82) is 0 Å². The van der Waals surface area contributed by atoms with Gasteiger partial charge in [-0.25, -0.2) is 4.39 Å². The number of carbonyl (C=O) groups is 2. The number of hydrogen-bond acceptors (Lipinski definition) is 8. The van der Waals surface area contributed by atoms with Crippen LogP contribution in [0.4, 0.5) is 10.1 Å². The summed E-state index contributed by atoms with van der Waals surface area (Å²) in [6.07, 6.45) is 4.68. The molecule has 3 saturated carbocycles. The summed E-state index contributed by atoms with van der Waals surface area (Å²) in [6, 6.07) is 11.6. The highest BCUT2D eigenvalue weighted by Gasteiger charge is 2.76. The first-order valence-electron chi connectivity index (χ1n) is 15.4. The van der Waals surface area contributed by atoms with E-state index in [2.05, 4.69) is 6.92 Å². The van der Waals surface area contributed by atoms with Crippen molar-refractivity contribution in [3.63, 3.8) is 0 Å². The summed E-state index contributed by atoms with van der Waals surface area (Å²) in [4.78, 5) is 25.9. The van der Waals surface area contributed by atoms with Crippen LogP contribution in [0.15, 0.2) is 66.3 Å². The number of Topliss-reactive ketones (excluding diaryl/α,β-unsaturated/α-hetero) is 1. The van der Waals surface area contributed by atoms with Gasteiger partial charge in [0, 0.05) is 28.0 Å². The first-order chi connectivity index (χ1) is 21.0. The van der Waals surface area contributed by atoms with E-state index in [1.54, 1.807) is 24.3 Å². The molecule has 4 fully saturated rings. The number of ketones is 2. The Bertz CT molecular complexity index is 1590. The third kappa shape index (κ3) is 4.16. The molecule has 0 spiro atoms. The Kier molecular flexibility index (Phi) is 6.90. The molecule has 1 heterocycles. The number of fused-ring (bicyclic) bond motifs is 7. The minimum absolute atomic E-state index is 0.0313. The van der Waals surface area contributed by atoms with Gasteiger partial charge in [-0.05, 0) is 85.6 Å². The molecule has 9 atom stereocenters. The molecule has 232 valence electrons. The topological polar surface area (TPSA) is 128 Å². The van der Waals surface area contributed by atoms with E-state index in [4.69, 9.17) is 19.9 Å². The maximum absolute atomic E-state index is 15.3. The SMILES string of the molecule is C[C@]12C=CC(=O)C=C1CC[C@@H]1[C@@H]2[C@@H](O)C[C@@]2(C)[C@H]1C[C@H]1O[C@H](c3cc(OCc4cccc(N)c4)ccc3F)O[C@]12C(=O)CO. The molecular weight excluding hydrogens is 565 g/mol.